The van der Waals surface area contributed by atoms with E-state index in [0.717, 1.165) is 21.3 Å². The van der Waals surface area contributed by atoms with Gasteiger partial charge in [-0.25, -0.2) is 8.37 Å². The highest BCUT2D eigenvalue weighted by atomic mass is 32.3. The van der Waals surface area contributed by atoms with Gasteiger partial charge in [0.05, 0.1) is 14.2 Å². The predicted octanol–water partition coefficient (Wildman–Crippen LogP) is 1.53. The van der Waals surface area contributed by atoms with Crippen LogP contribution in [0.4, 0.5) is 15.5 Å². The monoisotopic (exact) mass is 422 g/mol. The average molecular weight is 422 g/mol. The fraction of sp³-hybridized carbons (Fsp3) is 1.00. The SMILES string of the molecule is CC.CC.CO.COS(=O)(=O)F.COS(=O)(=O)F.O=S(=O)(F)F. The van der Waals surface area contributed by atoms with E-state index in [2.05, 4.69) is 8.37 Å². The molecule has 0 fully saturated rings. The Labute approximate surface area is 135 Å². The number of hydrogen-bond donors (Lipinski definition) is 1. The first-order valence-electron chi connectivity index (χ1n) is 5.21. The first kappa shape index (κ1) is 38.2. The summed E-state index contributed by atoms with van der Waals surface area (Å²) in [6, 6.07) is 0. The van der Waals surface area contributed by atoms with E-state index >= 15 is 0 Å². The molecule has 0 saturated heterocycles. The second-order valence-corrected chi connectivity index (χ2v) is 4.49. The molecule has 0 aromatic rings. The maximum Gasteiger partial charge on any atom is 0.476 e. The molecule has 0 rings (SSSR count). The molecule has 0 aromatic carbocycles. The van der Waals surface area contributed by atoms with E-state index in [1.807, 2.05) is 27.7 Å². The molecule has 0 aliphatic rings. The van der Waals surface area contributed by atoms with E-state index in [1.54, 1.807) is 0 Å². The normalized spacial score (nSPS) is 9.39. The Balaban J connectivity index is -0.0000000405. The average Bonchev–Trinajstić information content (AvgIpc) is 2.43. The van der Waals surface area contributed by atoms with E-state index < -0.39 is 31.6 Å². The Bertz CT molecular complexity index is 447. The van der Waals surface area contributed by atoms with Crippen molar-refractivity contribution < 1.29 is 54.3 Å². The van der Waals surface area contributed by atoms with Gasteiger partial charge >= 0.3 is 31.6 Å². The molecule has 9 nitrogen and oxygen atoms in total. The van der Waals surface area contributed by atoms with E-state index in [1.165, 1.54) is 0 Å². The van der Waals surface area contributed by atoms with Crippen LogP contribution in [-0.4, -0.2) is 51.7 Å². The van der Waals surface area contributed by atoms with Crippen LogP contribution in [0.1, 0.15) is 27.7 Å². The van der Waals surface area contributed by atoms with E-state index in [0.29, 0.717) is 0 Å². The summed E-state index contributed by atoms with van der Waals surface area (Å²) >= 11 is 0. The van der Waals surface area contributed by atoms with E-state index in [9.17, 15) is 15.5 Å². The van der Waals surface area contributed by atoms with Crippen LogP contribution in [0.15, 0.2) is 0 Å². The Morgan fingerprint density at radius 1 is 0.609 bits per heavy atom. The summed E-state index contributed by atoms with van der Waals surface area (Å²) in [6.07, 6.45) is 0. The second kappa shape index (κ2) is 23.7. The van der Waals surface area contributed by atoms with Crippen molar-refractivity contribution in [2.24, 2.45) is 0 Å². The zero-order valence-corrected chi connectivity index (χ0v) is 15.9. The largest absolute Gasteiger partial charge is 0.476 e. The van der Waals surface area contributed by atoms with Crippen LogP contribution in [0.3, 0.4) is 0 Å². The van der Waals surface area contributed by atoms with Gasteiger partial charge in [0.1, 0.15) is 0 Å². The standard InChI is InChI=1S/2C2H6.2CH3FO3S.CH4O.F2O2S/c2*1-2;2*1-5-6(2,3)4;1-2;1-5(2,3)4/h2*1-2H3;2*1H3;2H,1H3;. The highest BCUT2D eigenvalue weighted by molar-refractivity contribution is 7.81. The number of hydrogen-bond acceptors (Lipinski definition) is 9. The molecular weight excluding hydrogens is 400 g/mol. The lowest BCUT2D eigenvalue weighted by atomic mass is 11.0. The van der Waals surface area contributed by atoms with Gasteiger partial charge in [-0.2, -0.15) is 25.3 Å². The molecule has 23 heavy (non-hydrogen) atoms. The number of aliphatic hydroxyl groups excluding tert-OH is 1. The zero-order valence-electron chi connectivity index (χ0n) is 13.4. The van der Waals surface area contributed by atoms with Gasteiger partial charge in [-0.15, -0.1) is 0 Å². The van der Waals surface area contributed by atoms with Gasteiger partial charge in [-0.3, -0.25) is 0 Å². The third kappa shape index (κ3) is 273. The molecule has 150 valence electrons. The Morgan fingerprint density at radius 2 is 0.652 bits per heavy atom. The quantitative estimate of drug-likeness (QED) is 0.518. The third-order valence-electron chi connectivity index (χ3n) is 0.398. The maximum absolute atomic E-state index is 10.9. The van der Waals surface area contributed by atoms with Gasteiger partial charge in [0.25, 0.3) is 0 Å². The summed E-state index contributed by atoms with van der Waals surface area (Å²) in [7, 11) is -12.5. The molecule has 0 aliphatic heterocycles. The number of rotatable bonds is 2. The summed E-state index contributed by atoms with van der Waals surface area (Å²) in [5, 5.41) is 7.00. The van der Waals surface area contributed by atoms with Crippen molar-refractivity contribution in [2.45, 2.75) is 27.7 Å². The van der Waals surface area contributed by atoms with Crippen molar-refractivity contribution in [3.05, 3.63) is 0 Å². The minimum atomic E-state index is -5.67. The third-order valence-corrected chi connectivity index (χ3v) is 1.19. The molecule has 0 bridgehead atoms. The Morgan fingerprint density at radius 3 is 0.652 bits per heavy atom. The smallest absolute Gasteiger partial charge is 0.400 e. The molecule has 0 aromatic heterocycles. The molecule has 0 aliphatic carbocycles. The molecule has 0 amide bonds. The minimum absolute atomic E-state index is 0.745. The summed E-state index contributed by atoms with van der Waals surface area (Å²) in [6.45, 7) is 8.00. The lowest BCUT2D eigenvalue weighted by Crippen LogP contribution is -1.89. The summed E-state index contributed by atoms with van der Waals surface area (Å²) < 4.78 is 101. The van der Waals surface area contributed by atoms with Gasteiger partial charge in [0, 0.05) is 7.11 Å². The van der Waals surface area contributed by atoms with Crippen molar-refractivity contribution in [1.29, 1.82) is 0 Å². The summed E-state index contributed by atoms with van der Waals surface area (Å²) in [5.41, 5.74) is 0. The van der Waals surface area contributed by atoms with Gasteiger partial charge in [0.2, 0.25) is 0 Å². The molecule has 0 atom stereocenters. The number of aliphatic hydroxyl groups is 1. The van der Waals surface area contributed by atoms with Crippen LogP contribution in [-0.2, 0) is 40.0 Å². The molecule has 0 heterocycles. The van der Waals surface area contributed by atoms with Gasteiger partial charge in [0.15, 0.2) is 0 Å². The van der Waals surface area contributed by atoms with Crippen molar-refractivity contribution in [1.82, 2.24) is 0 Å². The van der Waals surface area contributed by atoms with Crippen molar-refractivity contribution in [2.75, 3.05) is 21.3 Å². The fourth-order valence-corrected chi connectivity index (χ4v) is 0. The zero-order chi connectivity index (χ0) is 20.9. The predicted molar refractivity (Wildman–Crippen MR) is 76.0 cm³/mol. The molecule has 16 heteroatoms. The van der Waals surface area contributed by atoms with Crippen LogP contribution in [0, 0.1) is 0 Å². The molecule has 0 saturated carbocycles. The second-order valence-electron chi connectivity index (χ2n) is 1.50. The first-order chi connectivity index (χ1) is 10.1. The summed E-state index contributed by atoms with van der Waals surface area (Å²) in [5.74, 6) is 0. The van der Waals surface area contributed by atoms with E-state index in [-0.39, 0.29) is 0 Å². The van der Waals surface area contributed by atoms with E-state index in [4.69, 9.17) is 30.4 Å². The summed E-state index contributed by atoms with van der Waals surface area (Å²) in [4.78, 5) is 0. The maximum atomic E-state index is 10.9. The molecule has 0 spiro atoms. The lowest BCUT2D eigenvalue weighted by Gasteiger charge is -1.78. The fourth-order valence-electron chi connectivity index (χ4n) is 0. The molecule has 0 radical (unpaired) electrons. The van der Waals surface area contributed by atoms with Gasteiger partial charge in [-0.05, 0) is 0 Å². The highest BCUT2D eigenvalue weighted by Crippen LogP contribution is 1.86. The lowest BCUT2D eigenvalue weighted by molar-refractivity contribution is 0.361. The van der Waals surface area contributed by atoms with Gasteiger partial charge in [-0.1, -0.05) is 43.2 Å². The Kier molecular flexibility index (Phi) is 39.4. The first-order valence-corrected chi connectivity index (χ1v) is 9.12. The van der Waals surface area contributed by atoms with Crippen LogP contribution in [0.2, 0.25) is 0 Å². The van der Waals surface area contributed by atoms with Crippen LogP contribution >= 0.6 is 0 Å². The van der Waals surface area contributed by atoms with Crippen LogP contribution in [0.5, 0.6) is 0 Å². The van der Waals surface area contributed by atoms with Crippen molar-refractivity contribution in [3.8, 4) is 0 Å². The highest BCUT2D eigenvalue weighted by Gasteiger charge is 1.98. The van der Waals surface area contributed by atoms with Gasteiger partial charge < -0.3 is 5.11 Å². The molecule has 0 unspecified atom stereocenters. The van der Waals surface area contributed by atoms with Crippen molar-refractivity contribution in [3.63, 3.8) is 0 Å². The van der Waals surface area contributed by atoms with Crippen molar-refractivity contribution >= 4 is 31.6 Å². The minimum Gasteiger partial charge on any atom is -0.400 e. The topological polar surface area (TPSA) is 141 Å². The Hall–Kier alpha value is -0.550. The molecule has 1 N–H and O–H groups in total. The van der Waals surface area contributed by atoms with Crippen LogP contribution < -0.4 is 0 Å². The van der Waals surface area contributed by atoms with Crippen LogP contribution in [0.25, 0.3) is 0 Å². The molecular formula is C7H22F4O9S3. The number of halogens is 4.